The van der Waals surface area contributed by atoms with Gasteiger partial charge in [-0.05, 0) is 31.2 Å². The Morgan fingerprint density at radius 1 is 1.22 bits per heavy atom. The Morgan fingerprint density at radius 3 is 2.74 bits per heavy atom. The zero-order valence-electron chi connectivity index (χ0n) is 14.6. The lowest BCUT2D eigenvalue weighted by molar-refractivity contribution is -0.117. The third-order valence-corrected chi connectivity index (χ3v) is 4.53. The zero-order chi connectivity index (χ0) is 19.1. The van der Waals surface area contributed by atoms with Crippen LogP contribution in [-0.4, -0.2) is 37.4 Å². The number of furan rings is 1. The van der Waals surface area contributed by atoms with Gasteiger partial charge in [-0.15, -0.1) is 10.2 Å². The highest BCUT2D eigenvalue weighted by atomic mass is 32.2. The maximum Gasteiger partial charge on any atom is 0.321 e. The normalized spacial score (nSPS) is 10.6. The quantitative estimate of drug-likeness (QED) is 0.597. The molecule has 0 radical (unpaired) electrons. The average Bonchev–Trinajstić information content (AvgIpc) is 3.34. The van der Waals surface area contributed by atoms with Crippen molar-refractivity contribution in [3.63, 3.8) is 0 Å². The molecule has 0 aromatic carbocycles. The number of imide groups is 1. The molecule has 2 N–H and O–H groups in total. The second-order valence-electron chi connectivity index (χ2n) is 5.39. The first-order valence-electron chi connectivity index (χ1n) is 8.24. The summed E-state index contributed by atoms with van der Waals surface area (Å²) in [5, 5.41) is 13.8. The Bertz CT molecular complexity index is 895. The lowest BCUT2D eigenvalue weighted by Crippen LogP contribution is -2.39. The number of nitrogens with zero attached hydrogens (tertiary/aromatic N) is 4. The molecule has 3 amide bonds. The predicted molar refractivity (Wildman–Crippen MR) is 98.7 cm³/mol. The molecule has 140 valence electrons. The summed E-state index contributed by atoms with van der Waals surface area (Å²) in [5.41, 5.74) is 0.896. The van der Waals surface area contributed by atoms with Crippen LogP contribution in [0.4, 0.5) is 4.79 Å². The average molecular weight is 386 g/mol. The molecule has 0 fully saturated rings. The van der Waals surface area contributed by atoms with Crippen LogP contribution in [0.1, 0.15) is 12.7 Å². The van der Waals surface area contributed by atoms with Gasteiger partial charge in [0.2, 0.25) is 5.91 Å². The maximum atomic E-state index is 12.0. The summed E-state index contributed by atoms with van der Waals surface area (Å²) >= 11 is 1.22. The topological polar surface area (TPSA) is 115 Å². The summed E-state index contributed by atoms with van der Waals surface area (Å²) < 4.78 is 7.01. The lowest BCUT2D eigenvalue weighted by Gasteiger charge is -2.07. The fourth-order valence-corrected chi connectivity index (χ4v) is 3.11. The van der Waals surface area contributed by atoms with E-state index in [4.69, 9.17) is 4.42 Å². The number of hydrogen-bond acceptors (Lipinski definition) is 7. The molecular formula is C17H18N6O3S. The number of carbonyl (C=O) groups is 2. The second kappa shape index (κ2) is 8.99. The van der Waals surface area contributed by atoms with Gasteiger partial charge in [0.25, 0.3) is 0 Å². The molecule has 3 aromatic rings. The van der Waals surface area contributed by atoms with E-state index in [1.807, 2.05) is 23.6 Å². The fraction of sp³-hybridized carbons (Fsp3) is 0.235. The minimum Gasteiger partial charge on any atom is -0.467 e. The summed E-state index contributed by atoms with van der Waals surface area (Å²) in [6.45, 7) is 2.83. The van der Waals surface area contributed by atoms with Crippen molar-refractivity contribution >= 4 is 23.7 Å². The van der Waals surface area contributed by atoms with E-state index in [0.717, 1.165) is 5.56 Å². The highest BCUT2D eigenvalue weighted by molar-refractivity contribution is 7.99. The minimum absolute atomic E-state index is 0.0443. The summed E-state index contributed by atoms with van der Waals surface area (Å²) in [4.78, 5) is 27.7. The van der Waals surface area contributed by atoms with Gasteiger partial charge in [-0.25, -0.2) is 4.79 Å². The molecular weight excluding hydrogens is 368 g/mol. The minimum atomic E-state index is -0.577. The monoisotopic (exact) mass is 386 g/mol. The molecule has 0 bridgehead atoms. The SMILES string of the molecule is CCn1c(SCC(=O)NC(=O)NCc2ccco2)nnc1-c1ccncc1. The summed E-state index contributed by atoms with van der Waals surface area (Å²) in [6.07, 6.45) is 4.89. The first kappa shape index (κ1) is 18.6. The van der Waals surface area contributed by atoms with Gasteiger partial charge in [0.05, 0.1) is 18.6 Å². The van der Waals surface area contributed by atoms with Gasteiger partial charge in [0, 0.05) is 24.5 Å². The predicted octanol–water partition coefficient (Wildman–Crippen LogP) is 2.07. The van der Waals surface area contributed by atoms with Crippen molar-refractivity contribution < 1.29 is 14.0 Å². The van der Waals surface area contributed by atoms with Crippen molar-refractivity contribution in [2.75, 3.05) is 5.75 Å². The standard InChI is InChI=1S/C17H18N6O3S/c1-2-23-15(12-5-7-18-8-6-12)21-22-17(23)27-11-14(24)20-16(25)19-10-13-4-3-9-26-13/h3-9H,2,10-11H2,1H3,(H2,19,20,24,25). The van der Waals surface area contributed by atoms with Gasteiger partial charge in [0.15, 0.2) is 11.0 Å². The first-order valence-corrected chi connectivity index (χ1v) is 9.22. The van der Waals surface area contributed by atoms with E-state index < -0.39 is 11.9 Å². The molecule has 9 nitrogen and oxygen atoms in total. The fourth-order valence-electron chi connectivity index (χ4n) is 2.31. The molecule has 0 unspecified atom stereocenters. The van der Waals surface area contributed by atoms with Crippen molar-refractivity contribution in [2.24, 2.45) is 0 Å². The van der Waals surface area contributed by atoms with Crippen LogP contribution in [0.15, 0.2) is 52.5 Å². The molecule has 0 spiro atoms. The number of hydrogen-bond donors (Lipinski definition) is 2. The number of amides is 3. The van der Waals surface area contributed by atoms with E-state index in [0.29, 0.717) is 23.3 Å². The highest BCUT2D eigenvalue weighted by Gasteiger charge is 2.15. The smallest absolute Gasteiger partial charge is 0.321 e. The molecule has 10 heteroatoms. The Balaban J connectivity index is 1.53. The Morgan fingerprint density at radius 2 is 2.04 bits per heavy atom. The van der Waals surface area contributed by atoms with Crippen molar-refractivity contribution in [3.8, 4) is 11.4 Å². The third kappa shape index (κ3) is 4.94. The number of aromatic nitrogens is 4. The van der Waals surface area contributed by atoms with Crippen LogP contribution in [-0.2, 0) is 17.9 Å². The molecule has 3 heterocycles. The second-order valence-corrected chi connectivity index (χ2v) is 6.33. The molecule has 0 atom stereocenters. The number of pyridine rings is 1. The molecule has 0 aliphatic rings. The Labute approximate surface area is 159 Å². The van der Waals surface area contributed by atoms with E-state index in [2.05, 4.69) is 25.8 Å². The van der Waals surface area contributed by atoms with Crippen molar-refractivity contribution in [2.45, 2.75) is 25.2 Å². The summed E-state index contributed by atoms with van der Waals surface area (Å²) in [7, 11) is 0. The summed E-state index contributed by atoms with van der Waals surface area (Å²) in [6, 6.07) is 6.57. The molecule has 3 rings (SSSR count). The van der Waals surface area contributed by atoms with Gasteiger partial charge in [-0.1, -0.05) is 11.8 Å². The van der Waals surface area contributed by atoms with Crippen LogP contribution in [0, 0.1) is 0 Å². The highest BCUT2D eigenvalue weighted by Crippen LogP contribution is 2.23. The van der Waals surface area contributed by atoms with E-state index in [1.54, 1.807) is 24.5 Å². The van der Waals surface area contributed by atoms with Crippen LogP contribution in [0.3, 0.4) is 0 Å². The van der Waals surface area contributed by atoms with E-state index in [1.165, 1.54) is 18.0 Å². The number of urea groups is 1. The lowest BCUT2D eigenvalue weighted by atomic mass is 10.2. The van der Waals surface area contributed by atoms with Gasteiger partial charge in [-0.3, -0.25) is 15.1 Å². The van der Waals surface area contributed by atoms with Crippen LogP contribution in [0.2, 0.25) is 0 Å². The molecule has 27 heavy (non-hydrogen) atoms. The largest absolute Gasteiger partial charge is 0.467 e. The first-order chi connectivity index (χ1) is 13.2. The van der Waals surface area contributed by atoms with Gasteiger partial charge in [-0.2, -0.15) is 0 Å². The van der Waals surface area contributed by atoms with Crippen molar-refractivity contribution in [3.05, 3.63) is 48.7 Å². The van der Waals surface area contributed by atoms with Gasteiger partial charge >= 0.3 is 6.03 Å². The molecule has 0 saturated heterocycles. The van der Waals surface area contributed by atoms with E-state index >= 15 is 0 Å². The van der Waals surface area contributed by atoms with E-state index in [9.17, 15) is 9.59 Å². The molecule has 0 aliphatic carbocycles. The van der Waals surface area contributed by atoms with Crippen LogP contribution in [0.5, 0.6) is 0 Å². The molecule has 3 aromatic heterocycles. The number of thioether (sulfide) groups is 1. The van der Waals surface area contributed by atoms with Gasteiger partial charge < -0.3 is 14.3 Å². The van der Waals surface area contributed by atoms with Crippen molar-refractivity contribution in [1.29, 1.82) is 0 Å². The van der Waals surface area contributed by atoms with Gasteiger partial charge in [0.1, 0.15) is 5.76 Å². The van der Waals surface area contributed by atoms with E-state index in [-0.39, 0.29) is 12.3 Å². The third-order valence-electron chi connectivity index (χ3n) is 3.56. The Kier molecular flexibility index (Phi) is 6.21. The van der Waals surface area contributed by atoms with Crippen LogP contribution >= 0.6 is 11.8 Å². The maximum absolute atomic E-state index is 12.0. The Hall–Kier alpha value is -3.14. The number of nitrogens with one attached hydrogen (secondary N) is 2. The molecule has 0 aliphatic heterocycles. The summed E-state index contributed by atoms with van der Waals surface area (Å²) in [5.74, 6) is 0.932. The van der Waals surface area contributed by atoms with Crippen LogP contribution < -0.4 is 10.6 Å². The van der Waals surface area contributed by atoms with Crippen LogP contribution in [0.25, 0.3) is 11.4 Å². The number of carbonyl (C=O) groups excluding carboxylic acids is 2. The van der Waals surface area contributed by atoms with Crippen molar-refractivity contribution in [1.82, 2.24) is 30.4 Å². The molecule has 0 saturated carbocycles. The zero-order valence-corrected chi connectivity index (χ0v) is 15.4. The number of rotatable bonds is 7.